The molecule has 2 heterocycles. The van der Waals surface area contributed by atoms with Crippen molar-refractivity contribution in [2.75, 3.05) is 5.32 Å². The van der Waals surface area contributed by atoms with Gasteiger partial charge in [-0.1, -0.05) is 16.8 Å². The van der Waals surface area contributed by atoms with Crippen LogP contribution >= 0.6 is 0 Å². The number of amides is 1. The predicted molar refractivity (Wildman–Crippen MR) is 73.2 cm³/mol. The molecule has 0 atom stereocenters. The van der Waals surface area contributed by atoms with Crippen molar-refractivity contribution in [3.05, 3.63) is 53.7 Å². The van der Waals surface area contributed by atoms with E-state index in [2.05, 4.69) is 25.2 Å². The minimum Gasteiger partial charge on any atom is -0.364 e. The summed E-state index contributed by atoms with van der Waals surface area (Å²) >= 11 is 0. The van der Waals surface area contributed by atoms with Gasteiger partial charge in [-0.25, -0.2) is 4.39 Å². The Morgan fingerprint density at radius 2 is 2.19 bits per heavy atom. The first-order chi connectivity index (χ1) is 10.1. The molecule has 2 aromatic heterocycles. The van der Waals surface area contributed by atoms with Crippen molar-refractivity contribution in [1.82, 2.24) is 15.4 Å². The summed E-state index contributed by atoms with van der Waals surface area (Å²) in [7, 11) is 0. The first-order valence-electron chi connectivity index (χ1n) is 6.17. The topological polar surface area (TPSA) is 83.8 Å². The molecule has 0 aliphatic rings. The Labute approximate surface area is 119 Å². The maximum atomic E-state index is 13.8. The van der Waals surface area contributed by atoms with E-state index in [1.807, 2.05) is 6.92 Å². The molecule has 0 saturated carbocycles. The Balaban J connectivity index is 1.83. The zero-order chi connectivity index (χ0) is 14.8. The van der Waals surface area contributed by atoms with E-state index in [0.29, 0.717) is 11.3 Å². The SMILES string of the molecule is Cc1ccc(F)c(-c2cc(NC(=O)c3ccon3)n[nH]2)c1. The lowest BCUT2D eigenvalue weighted by atomic mass is 10.1. The molecule has 2 N–H and O–H groups in total. The number of carbonyl (C=O) groups is 1. The number of halogens is 1. The second-order valence-electron chi connectivity index (χ2n) is 4.49. The second-order valence-corrected chi connectivity index (χ2v) is 4.49. The van der Waals surface area contributed by atoms with Gasteiger partial charge in [0.1, 0.15) is 12.1 Å². The average Bonchev–Trinajstić information content (AvgIpc) is 3.12. The Morgan fingerprint density at radius 3 is 2.95 bits per heavy atom. The van der Waals surface area contributed by atoms with Crippen molar-refractivity contribution in [2.24, 2.45) is 0 Å². The third kappa shape index (κ3) is 2.66. The number of nitrogens with one attached hydrogen (secondary N) is 2. The number of hydrogen-bond donors (Lipinski definition) is 2. The van der Waals surface area contributed by atoms with E-state index in [-0.39, 0.29) is 17.3 Å². The molecule has 3 aromatic rings. The minimum atomic E-state index is -0.452. The van der Waals surface area contributed by atoms with Crippen molar-refractivity contribution in [2.45, 2.75) is 6.92 Å². The van der Waals surface area contributed by atoms with Crippen LogP contribution in [0.4, 0.5) is 10.2 Å². The van der Waals surface area contributed by atoms with Gasteiger partial charge in [0.15, 0.2) is 11.5 Å². The summed E-state index contributed by atoms with van der Waals surface area (Å²) in [5.41, 5.74) is 1.94. The Bertz CT molecular complexity index is 780. The molecule has 106 valence electrons. The summed E-state index contributed by atoms with van der Waals surface area (Å²) < 4.78 is 18.4. The van der Waals surface area contributed by atoms with Crippen LogP contribution in [-0.4, -0.2) is 21.3 Å². The number of H-pyrrole nitrogens is 1. The highest BCUT2D eigenvalue weighted by Crippen LogP contribution is 2.24. The van der Waals surface area contributed by atoms with Crippen molar-refractivity contribution >= 4 is 11.7 Å². The summed E-state index contributed by atoms with van der Waals surface area (Å²) in [6.45, 7) is 1.87. The van der Waals surface area contributed by atoms with Gasteiger partial charge in [-0.05, 0) is 19.1 Å². The van der Waals surface area contributed by atoms with E-state index in [0.717, 1.165) is 5.56 Å². The molecule has 0 fully saturated rings. The lowest BCUT2D eigenvalue weighted by molar-refractivity contribution is 0.101. The number of benzene rings is 1. The third-order valence-corrected chi connectivity index (χ3v) is 2.90. The lowest BCUT2D eigenvalue weighted by Gasteiger charge is -2.01. The fourth-order valence-corrected chi connectivity index (χ4v) is 1.88. The number of anilines is 1. The van der Waals surface area contributed by atoms with Gasteiger partial charge in [0.2, 0.25) is 0 Å². The van der Waals surface area contributed by atoms with Crippen molar-refractivity contribution in [1.29, 1.82) is 0 Å². The van der Waals surface area contributed by atoms with E-state index in [1.54, 1.807) is 18.2 Å². The van der Waals surface area contributed by atoms with Crippen LogP contribution in [0.2, 0.25) is 0 Å². The Hall–Kier alpha value is -2.96. The first kappa shape index (κ1) is 13.0. The number of nitrogens with zero attached hydrogens (tertiary/aromatic N) is 2. The molecule has 0 saturated heterocycles. The molecule has 0 unspecified atom stereocenters. The zero-order valence-electron chi connectivity index (χ0n) is 11.1. The summed E-state index contributed by atoms with van der Waals surface area (Å²) in [5, 5.41) is 12.7. The molecule has 1 amide bonds. The molecule has 0 aliphatic carbocycles. The highest BCUT2D eigenvalue weighted by Gasteiger charge is 2.13. The predicted octanol–water partition coefficient (Wildman–Crippen LogP) is 2.76. The first-order valence-corrected chi connectivity index (χ1v) is 6.17. The summed E-state index contributed by atoms with van der Waals surface area (Å²) in [6.07, 6.45) is 1.30. The van der Waals surface area contributed by atoms with Crippen LogP contribution in [0.15, 0.2) is 41.1 Å². The number of aryl methyl sites for hydroxylation is 1. The fourth-order valence-electron chi connectivity index (χ4n) is 1.88. The number of hydrogen-bond acceptors (Lipinski definition) is 4. The molecule has 7 heteroatoms. The monoisotopic (exact) mass is 286 g/mol. The molecule has 1 aromatic carbocycles. The van der Waals surface area contributed by atoms with Gasteiger partial charge in [0.25, 0.3) is 5.91 Å². The largest absolute Gasteiger partial charge is 0.364 e. The van der Waals surface area contributed by atoms with Gasteiger partial charge < -0.3 is 9.84 Å². The Morgan fingerprint density at radius 1 is 1.33 bits per heavy atom. The van der Waals surface area contributed by atoms with Crippen LogP contribution in [0.3, 0.4) is 0 Å². The highest BCUT2D eigenvalue weighted by molar-refractivity contribution is 6.02. The van der Waals surface area contributed by atoms with Crippen LogP contribution in [0.25, 0.3) is 11.3 Å². The van der Waals surface area contributed by atoms with Gasteiger partial charge in [0, 0.05) is 17.7 Å². The van der Waals surface area contributed by atoms with Gasteiger partial charge >= 0.3 is 0 Å². The molecule has 6 nitrogen and oxygen atoms in total. The van der Waals surface area contributed by atoms with Crippen LogP contribution in [0.1, 0.15) is 16.1 Å². The number of carbonyl (C=O) groups excluding carboxylic acids is 1. The van der Waals surface area contributed by atoms with Crippen molar-refractivity contribution in [3.63, 3.8) is 0 Å². The molecule has 0 spiro atoms. The van der Waals surface area contributed by atoms with E-state index >= 15 is 0 Å². The van der Waals surface area contributed by atoms with Crippen LogP contribution in [0, 0.1) is 12.7 Å². The second kappa shape index (κ2) is 5.20. The van der Waals surface area contributed by atoms with Crippen molar-refractivity contribution in [3.8, 4) is 11.3 Å². The van der Waals surface area contributed by atoms with Gasteiger partial charge in [-0.15, -0.1) is 0 Å². The molecule has 3 rings (SSSR count). The number of rotatable bonds is 3. The van der Waals surface area contributed by atoms with Crippen LogP contribution in [-0.2, 0) is 0 Å². The Kier molecular flexibility index (Phi) is 3.23. The maximum absolute atomic E-state index is 13.8. The number of aromatic nitrogens is 3. The van der Waals surface area contributed by atoms with Crippen molar-refractivity contribution < 1.29 is 13.7 Å². The molecular formula is C14H11FN4O2. The zero-order valence-corrected chi connectivity index (χ0v) is 11.1. The minimum absolute atomic E-state index is 0.140. The quantitative estimate of drug-likeness (QED) is 0.775. The molecular weight excluding hydrogens is 275 g/mol. The standard InChI is InChI=1S/C14H11FN4O2/c1-8-2-3-10(15)9(6-8)12-7-13(18-17-12)16-14(20)11-4-5-21-19-11/h2-7H,1H3,(H2,16,17,18,20). The molecule has 0 bridgehead atoms. The summed E-state index contributed by atoms with van der Waals surface area (Å²) in [6, 6.07) is 7.76. The van der Waals surface area contributed by atoms with E-state index in [1.165, 1.54) is 18.4 Å². The fraction of sp³-hybridized carbons (Fsp3) is 0.0714. The number of aromatic amines is 1. The summed E-state index contributed by atoms with van der Waals surface area (Å²) in [5.74, 6) is -0.538. The lowest BCUT2D eigenvalue weighted by Crippen LogP contribution is -2.12. The summed E-state index contributed by atoms with van der Waals surface area (Å²) in [4.78, 5) is 11.8. The normalized spacial score (nSPS) is 10.6. The third-order valence-electron chi connectivity index (χ3n) is 2.90. The van der Waals surface area contributed by atoms with E-state index < -0.39 is 5.91 Å². The smallest absolute Gasteiger partial charge is 0.279 e. The molecule has 0 aliphatic heterocycles. The van der Waals surface area contributed by atoms with Gasteiger partial charge in [0.05, 0.1) is 5.69 Å². The van der Waals surface area contributed by atoms with Crippen LogP contribution in [0.5, 0.6) is 0 Å². The molecule has 21 heavy (non-hydrogen) atoms. The highest BCUT2D eigenvalue weighted by atomic mass is 19.1. The van der Waals surface area contributed by atoms with Crippen LogP contribution < -0.4 is 5.32 Å². The molecule has 0 radical (unpaired) electrons. The van der Waals surface area contributed by atoms with Gasteiger partial charge in [-0.3, -0.25) is 9.89 Å². The average molecular weight is 286 g/mol. The maximum Gasteiger partial charge on any atom is 0.279 e. The van der Waals surface area contributed by atoms with E-state index in [9.17, 15) is 9.18 Å². The van der Waals surface area contributed by atoms with Gasteiger partial charge in [-0.2, -0.15) is 5.10 Å². The van der Waals surface area contributed by atoms with E-state index in [4.69, 9.17) is 0 Å².